The van der Waals surface area contributed by atoms with Gasteiger partial charge in [-0.1, -0.05) is 15.9 Å². The molecule has 0 aliphatic carbocycles. The molecule has 2 N–H and O–H groups in total. The highest BCUT2D eigenvalue weighted by molar-refractivity contribution is 14.0. The molecule has 25 heavy (non-hydrogen) atoms. The van der Waals surface area contributed by atoms with Gasteiger partial charge in [0.25, 0.3) is 0 Å². The van der Waals surface area contributed by atoms with Crippen LogP contribution in [0.2, 0.25) is 0 Å². The fraction of sp³-hybridized carbons (Fsp3) is 0.588. The largest absolute Gasteiger partial charge is 0.493 e. The summed E-state index contributed by atoms with van der Waals surface area (Å²) in [6.45, 7) is 7.71. The van der Waals surface area contributed by atoms with Crippen LogP contribution < -0.4 is 20.1 Å². The number of aliphatic imine (C=N–C) groups is 1. The Labute approximate surface area is 176 Å². The van der Waals surface area contributed by atoms with Gasteiger partial charge in [-0.25, -0.2) is 4.99 Å². The van der Waals surface area contributed by atoms with Gasteiger partial charge in [0, 0.05) is 30.8 Å². The lowest BCUT2D eigenvalue weighted by Crippen LogP contribution is -2.38. The molecule has 1 aromatic rings. The van der Waals surface area contributed by atoms with E-state index in [0.717, 1.165) is 48.7 Å². The minimum absolute atomic E-state index is 0. The zero-order valence-electron chi connectivity index (χ0n) is 15.4. The van der Waals surface area contributed by atoms with E-state index in [1.54, 1.807) is 14.2 Å². The van der Waals surface area contributed by atoms with E-state index >= 15 is 0 Å². The Morgan fingerprint density at radius 3 is 2.40 bits per heavy atom. The Balaban J connectivity index is 0.00000576. The standard InChI is InChI=1S/C17H28BrN3O3.HI/c1-5-19-17(20-8-7-9-24-6-2)21-12-13-10-15(22-3)16(23-4)11-14(13)18;/h10-11H,5-9,12H2,1-4H3,(H2,19,20,21);1H. The predicted molar refractivity (Wildman–Crippen MR) is 117 cm³/mol. The summed E-state index contributed by atoms with van der Waals surface area (Å²) >= 11 is 3.56. The van der Waals surface area contributed by atoms with E-state index in [-0.39, 0.29) is 24.0 Å². The molecule has 0 heterocycles. The average Bonchev–Trinajstić information content (AvgIpc) is 2.59. The highest BCUT2D eigenvalue weighted by Gasteiger charge is 2.09. The molecule has 0 aliphatic rings. The zero-order chi connectivity index (χ0) is 17.8. The van der Waals surface area contributed by atoms with Crippen molar-refractivity contribution in [3.8, 4) is 11.5 Å². The lowest BCUT2D eigenvalue weighted by atomic mass is 10.2. The normalized spacial score (nSPS) is 10.8. The van der Waals surface area contributed by atoms with E-state index in [0.29, 0.717) is 18.0 Å². The topological polar surface area (TPSA) is 64.1 Å². The molecule has 8 heteroatoms. The summed E-state index contributed by atoms with van der Waals surface area (Å²) in [5.41, 5.74) is 1.03. The second-order valence-electron chi connectivity index (χ2n) is 4.97. The van der Waals surface area contributed by atoms with E-state index in [2.05, 4.69) is 31.6 Å². The first-order valence-electron chi connectivity index (χ1n) is 8.16. The van der Waals surface area contributed by atoms with Crippen molar-refractivity contribution in [3.63, 3.8) is 0 Å². The van der Waals surface area contributed by atoms with E-state index in [1.165, 1.54) is 0 Å². The van der Waals surface area contributed by atoms with Gasteiger partial charge in [-0.05, 0) is 38.0 Å². The zero-order valence-corrected chi connectivity index (χ0v) is 19.3. The van der Waals surface area contributed by atoms with E-state index in [9.17, 15) is 0 Å². The van der Waals surface area contributed by atoms with Crippen molar-refractivity contribution in [1.82, 2.24) is 10.6 Å². The summed E-state index contributed by atoms with van der Waals surface area (Å²) < 4.78 is 16.9. The highest BCUT2D eigenvalue weighted by Crippen LogP contribution is 2.33. The summed E-state index contributed by atoms with van der Waals surface area (Å²) in [6, 6.07) is 3.83. The number of nitrogens with one attached hydrogen (secondary N) is 2. The van der Waals surface area contributed by atoms with Crippen molar-refractivity contribution >= 4 is 45.9 Å². The van der Waals surface area contributed by atoms with Crippen molar-refractivity contribution in [2.75, 3.05) is 40.5 Å². The van der Waals surface area contributed by atoms with Crippen LogP contribution in [0.3, 0.4) is 0 Å². The third-order valence-electron chi connectivity index (χ3n) is 3.27. The summed E-state index contributed by atoms with van der Waals surface area (Å²) in [7, 11) is 3.25. The van der Waals surface area contributed by atoms with Gasteiger partial charge in [-0.3, -0.25) is 0 Å². The number of hydrogen-bond acceptors (Lipinski definition) is 4. The number of guanidine groups is 1. The van der Waals surface area contributed by atoms with Crippen LogP contribution in [0.15, 0.2) is 21.6 Å². The van der Waals surface area contributed by atoms with Gasteiger partial charge < -0.3 is 24.8 Å². The Hall–Kier alpha value is -0.740. The summed E-state index contributed by atoms with van der Waals surface area (Å²) in [4.78, 5) is 4.62. The van der Waals surface area contributed by atoms with Gasteiger partial charge in [-0.15, -0.1) is 24.0 Å². The van der Waals surface area contributed by atoms with E-state index in [4.69, 9.17) is 14.2 Å². The minimum Gasteiger partial charge on any atom is -0.493 e. The molecule has 1 rings (SSSR count). The molecule has 0 aromatic heterocycles. The molecule has 0 saturated heterocycles. The second-order valence-corrected chi connectivity index (χ2v) is 5.83. The average molecular weight is 530 g/mol. The maximum atomic E-state index is 5.35. The highest BCUT2D eigenvalue weighted by atomic mass is 127. The van der Waals surface area contributed by atoms with Crippen molar-refractivity contribution in [3.05, 3.63) is 22.2 Å². The predicted octanol–water partition coefficient (Wildman–Crippen LogP) is 3.57. The fourth-order valence-electron chi connectivity index (χ4n) is 2.05. The molecule has 0 amide bonds. The van der Waals surface area contributed by atoms with Crippen LogP contribution in [0.1, 0.15) is 25.8 Å². The molecule has 0 saturated carbocycles. The molecule has 1 aromatic carbocycles. The molecular weight excluding hydrogens is 501 g/mol. The number of halogens is 2. The van der Waals surface area contributed by atoms with E-state index in [1.807, 2.05) is 26.0 Å². The van der Waals surface area contributed by atoms with Gasteiger partial charge >= 0.3 is 0 Å². The van der Waals surface area contributed by atoms with Crippen LogP contribution in [-0.4, -0.2) is 46.5 Å². The van der Waals surface area contributed by atoms with Crippen LogP contribution in [0, 0.1) is 0 Å². The number of nitrogens with zero attached hydrogens (tertiary/aromatic N) is 1. The molecule has 144 valence electrons. The quantitative estimate of drug-likeness (QED) is 0.210. The third kappa shape index (κ3) is 8.96. The second kappa shape index (κ2) is 14.4. The first kappa shape index (κ1) is 24.3. The molecular formula is C17H29BrIN3O3. The van der Waals surface area contributed by atoms with Crippen molar-refractivity contribution in [2.24, 2.45) is 4.99 Å². The van der Waals surface area contributed by atoms with Crippen LogP contribution in [-0.2, 0) is 11.3 Å². The minimum atomic E-state index is 0. The van der Waals surface area contributed by atoms with Crippen molar-refractivity contribution in [1.29, 1.82) is 0 Å². The maximum Gasteiger partial charge on any atom is 0.191 e. The van der Waals surface area contributed by atoms with Crippen molar-refractivity contribution in [2.45, 2.75) is 26.8 Å². The third-order valence-corrected chi connectivity index (χ3v) is 4.00. The summed E-state index contributed by atoms with van der Waals surface area (Å²) in [5, 5.41) is 6.55. The summed E-state index contributed by atoms with van der Waals surface area (Å²) in [6.07, 6.45) is 0.943. The molecule has 0 fully saturated rings. The first-order valence-corrected chi connectivity index (χ1v) is 8.95. The Morgan fingerprint density at radius 1 is 1.12 bits per heavy atom. The van der Waals surface area contributed by atoms with Gasteiger partial charge in [0.05, 0.1) is 20.8 Å². The van der Waals surface area contributed by atoms with Gasteiger partial charge in [0.15, 0.2) is 17.5 Å². The first-order chi connectivity index (χ1) is 11.7. The smallest absolute Gasteiger partial charge is 0.191 e. The number of ether oxygens (including phenoxy) is 3. The molecule has 0 radical (unpaired) electrons. The molecule has 0 atom stereocenters. The molecule has 0 aliphatic heterocycles. The Morgan fingerprint density at radius 2 is 1.80 bits per heavy atom. The number of rotatable bonds is 10. The van der Waals surface area contributed by atoms with Crippen LogP contribution >= 0.6 is 39.9 Å². The Kier molecular flexibility index (Phi) is 14.0. The van der Waals surface area contributed by atoms with Gasteiger partial charge in [0.1, 0.15) is 0 Å². The van der Waals surface area contributed by atoms with E-state index < -0.39 is 0 Å². The number of hydrogen-bond donors (Lipinski definition) is 2. The van der Waals surface area contributed by atoms with Crippen LogP contribution in [0.4, 0.5) is 0 Å². The van der Waals surface area contributed by atoms with Crippen LogP contribution in [0.5, 0.6) is 11.5 Å². The van der Waals surface area contributed by atoms with Crippen LogP contribution in [0.25, 0.3) is 0 Å². The maximum absolute atomic E-state index is 5.35. The summed E-state index contributed by atoms with van der Waals surface area (Å²) in [5.74, 6) is 2.18. The number of methoxy groups -OCH3 is 2. The fourth-order valence-corrected chi connectivity index (χ4v) is 2.50. The lowest BCUT2D eigenvalue weighted by Gasteiger charge is -2.13. The molecule has 0 bridgehead atoms. The molecule has 0 unspecified atom stereocenters. The Bertz CT molecular complexity index is 530. The monoisotopic (exact) mass is 529 g/mol. The lowest BCUT2D eigenvalue weighted by molar-refractivity contribution is 0.145. The molecule has 6 nitrogen and oxygen atoms in total. The SMILES string of the molecule is CCNC(=NCc1cc(OC)c(OC)cc1Br)NCCCOCC.I. The molecule has 0 spiro atoms. The van der Waals surface area contributed by atoms with Crippen molar-refractivity contribution < 1.29 is 14.2 Å². The van der Waals surface area contributed by atoms with Gasteiger partial charge in [-0.2, -0.15) is 0 Å². The number of benzene rings is 1. The van der Waals surface area contributed by atoms with Gasteiger partial charge in [0.2, 0.25) is 0 Å².